The van der Waals surface area contributed by atoms with Gasteiger partial charge in [0.15, 0.2) is 17.1 Å². The summed E-state index contributed by atoms with van der Waals surface area (Å²) in [4.78, 5) is 46.5. The molecule has 1 N–H and O–H groups in total. The highest BCUT2D eigenvalue weighted by molar-refractivity contribution is 6.30. The molecule has 12 nitrogen and oxygen atoms in total. The number of hydrogen-bond acceptors (Lipinski definition) is 9. The van der Waals surface area contributed by atoms with E-state index >= 15 is 0 Å². The van der Waals surface area contributed by atoms with Crippen LogP contribution in [0.15, 0.2) is 59.8 Å². The van der Waals surface area contributed by atoms with E-state index in [2.05, 4.69) is 15.3 Å². The first-order chi connectivity index (χ1) is 21.2. The molecule has 1 aromatic carbocycles. The molecule has 1 saturated carbocycles. The van der Waals surface area contributed by atoms with E-state index in [1.807, 2.05) is 0 Å². The van der Waals surface area contributed by atoms with Crippen molar-refractivity contribution in [3.63, 3.8) is 0 Å². The second-order valence-electron chi connectivity index (χ2n) is 11.5. The Bertz CT molecular complexity index is 1790. The minimum atomic E-state index is -3.05. The number of hydrogen-bond donors (Lipinski definition) is 1. The zero-order valence-electron chi connectivity index (χ0n) is 24.8. The number of rotatable bonds is 9. The van der Waals surface area contributed by atoms with E-state index in [-0.39, 0.29) is 11.5 Å². The molecular weight excluding hydrogens is 616 g/mol. The zero-order valence-corrected chi connectivity index (χ0v) is 25.6. The third-order valence-electron chi connectivity index (χ3n) is 6.74. The number of pyridine rings is 1. The number of halogens is 3. The molecule has 3 aromatic heterocycles. The summed E-state index contributed by atoms with van der Waals surface area (Å²) >= 11 is 5.96. The minimum absolute atomic E-state index is 0.160. The smallest absolute Gasteiger partial charge is 0.408 e. The predicted molar refractivity (Wildman–Crippen MR) is 158 cm³/mol. The van der Waals surface area contributed by atoms with Gasteiger partial charge in [0.05, 0.1) is 42.0 Å². The Hall–Kier alpha value is -4.72. The summed E-state index contributed by atoms with van der Waals surface area (Å²) in [6.07, 6.45) is 0.466. The lowest BCUT2D eigenvalue weighted by Crippen LogP contribution is -2.58. The summed E-state index contributed by atoms with van der Waals surface area (Å²) in [7, 11) is 1.38. The molecule has 1 fully saturated rings. The predicted octanol–water partition coefficient (Wildman–Crippen LogP) is 4.82. The second-order valence-corrected chi connectivity index (χ2v) is 12.0. The van der Waals surface area contributed by atoms with Crippen LogP contribution in [0, 0.1) is 0 Å². The maximum absolute atomic E-state index is 14.0. The Balaban J connectivity index is 1.33. The number of benzene rings is 1. The Kier molecular flexibility index (Phi) is 8.45. The van der Waals surface area contributed by atoms with Crippen LogP contribution in [0.5, 0.6) is 11.5 Å². The first-order valence-corrected chi connectivity index (χ1v) is 14.1. The molecule has 0 aliphatic heterocycles. The monoisotopic (exact) mass is 645 g/mol. The van der Waals surface area contributed by atoms with Crippen molar-refractivity contribution in [3.8, 4) is 28.6 Å². The number of alkyl carbamates (subject to hydrolysis) is 1. The van der Waals surface area contributed by atoms with Crippen LogP contribution >= 0.6 is 11.6 Å². The molecule has 1 amide bonds. The Morgan fingerprint density at radius 1 is 1.07 bits per heavy atom. The Morgan fingerprint density at radius 3 is 2.47 bits per heavy atom. The van der Waals surface area contributed by atoms with Gasteiger partial charge in [0.1, 0.15) is 30.7 Å². The van der Waals surface area contributed by atoms with E-state index < -0.39 is 60.9 Å². The van der Waals surface area contributed by atoms with Crippen LogP contribution in [0.2, 0.25) is 5.02 Å². The maximum atomic E-state index is 14.0. The number of esters is 1. The zero-order chi connectivity index (χ0) is 32.6. The molecule has 0 unspecified atom stereocenters. The molecule has 4 aromatic rings. The van der Waals surface area contributed by atoms with E-state index in [1.165, 1.54) is 40.7 Å². The summed E-state index contributed by atoms with van der Waals surface area (Å²) in [5.74, 6) is -3.64. The number of nitrogens with one attached hydrogen (secondary N) is 1. The fourth-order valence-electron chi connectivity index (χ4n) is 4.87. The van der Waals surface area contributed by atoms with Crippen LogP contribution in [0.1, 0.15) is 33.6 Å². The quantitative estimate of drug-likeness (QED) is 0.254. The summed E-state index contributed by atoms with van der Waals surface area (Å²) in [5.41, 5.74) is -1.03. The number of ether oxygens (including phenoxy) is 4. The van der Waals surface area contributed by atoms with Crippen LogP contribution in [0.4, 0.5) is 13.6 Å². The molecule has 0 radical (unpaired) electrons. The largest absolute Gasteiger partial charge is 0.493 e. The topological polar surface area (TPSA) is 135 Å². The summed E-state index contributed by atoms with van der Waals surface area (Å²) in [5, 5.41) is 2.70. The SMILES string of the molecule is COc1cc(-n2cnc3ccc(-c4ccc(Cl)cn4)n3c2=O)ccc1OCC1(OC(=O)CNC(=O)OC(C)(C)C)CC(F)(F)C1. The fourth-order valence-corrected chi connectivity index (χ4v) is 4.98. The number of amides is 1. The Labute approximate surface area is 260 Å². The second kappa shape index (κ2) is 12.0. The molecule has 15 heteroatoms. The van der Waals surface area contributed by atoms with Crippen molar-refractivity contribution in [2.24, 2.45) is 0 Å². The van der Waals surface area contributed by atoms with E-state index in [1.54, 1.807) is 51.1 Å². The van der Waals surface area contributed by atoms with Crippen LogP contribution in [-0.4, -0.2) is 68.4 Å². The highest BCUT2D eigenvalue weighted by Crippen LogP contribution is 2.48. The highest BCUT2D eigenvalue weighted by Gasteiger charge is 2.60. The molecule has 1 aliphatic carbocycles. The van der Waals surface area contributed by atoms with Gasteiger partial charge in [0.2, 0.25) is 0 Å². The third kappa shape index (κ3) is 7.17. The van der Waals surface area contributed by atoms with Crippen molar-refractivity contribution in [2.75, 3.05) is 20.3 Å². The minimum Gasteiger partial charge on any atom is -0.493 e. The van der Waals surface area contributed by atoms with Gasteiger partial charge in [-0.2, -0.15) is 0 Å². The molecule has 1 aliphatic rings. The van der Waals surface area contributed by atoms with Crippen molar-refractivity contribution in [2.45, 2.75) is 50.7 Å². The van der Waals surface area contributed by atoms with E-state index in [0.29, 0.717) is 27.7 Å². The van der Waals surface area contributed by atoms with Crippen LogP contribution in [0.3, 0.4) is 0 Å². The standard InChI is InChI=1S/C30H30ClF2N5O7/c1-28(2,3)45-26(40)35-13-25(39)44-29(14-30(32,33)15-29)16-43-22-9-6-19(11-23(22)42-4)37-17-36-24-10-8-21(38(24)27(37)41)20-7-5-18(31)12-34-20/h5-12,17H,13-16H2,1-4H3,(H,35,40). The average molecular weight is 646 g/mol. The molecule has 238 valence electrons. The third-order valence-corrected chi connectivity index (χ3v) is 6.96. The van der Waals surface area contributed by atoms with E-state index in [0.717, 1.165) is 0 Å². The molecule has 3 heterocycles. The van der Waals surface area contributed by atoms with E-state index in [9.17, 15) is 23.2 Å². The van der Waals surface area contributed by atoms with Gasteiger partial charge in [0, 0.05) is 12.3 Å². The van der Waals surface area contributed by atoms with Crippen molar-refractivity contribution >= 4 is 29.3 Å². The lowest BCUT2D eigenvalue weighted by molar-refractivity contribution is -0.233. The van der Waals surface area contributed by atoms with Crippen molar-refractivity contribution < 1.29 is 37.3 Å². The van der Waals surface area contributed by atoms with Gasteiger partial charge in [-0.05, 0) is 57.2 Å². The normalized spacial score (nSPS) is 15.2. The first-order valence-electron chi connectivity index (χ1n) is 13.8. The van der Waals surface area contributed by atoms with Gasteiger partial charge in [-0.1, -0.05) is 11.6 Å². The lowest BCUT2D eigenvalue weighted by atomic mass is 9.77. The van der Waals surface area contributed by atoms with Gasteiger partial charge in [-0.15, -0.1) is 0 Å². The molecule has 0 bridgehead atoms. The molecule has 0 saturated heterocycles. The van der Waals surface area contributed by atoms with Gasteiger partial charge in [0.25, 0.3) is 5.92 Å². The number of carbonyl (C=O) groups is 2. The van der Waals surface area contributed by atoms with Gasteiger partial charge in [-0.3, -0.25) is 14.3 Å². The Morgan fingerprint density at radius 2 is 1.82 bits per heavy atom. The van der Waals surface area contributed by atoms with Crippen molar-refractivity contribution in [3.05, 3.63) is 70.5 Å². The van der Waals surface area contributed by atoms with Gasteiger partial charge in [-0.25, -0.2) is 27.8 Å². The van der Waals surface area contributed by atoms with Crippen LogP contribution in [-0.2, 0) is 14.3 Å². The number of methoxy groups -OCH3 is 1. The summed E-state index contributed by atoms with van der Waals surface area (Å²) < 4.78 is 52.3. The van der Waals surface area contributed by atoms with Gasteiger partial charge >= 0.3 is 17.8 Å². The van der Waals surface area contributed by atoms with Gasteiger partial charge < -0.3 is 24.3 Å². The molecule has 5 rings (SSSR count). The molecular formula is C30H30ClF2N5O7. The molecule has 0 spiro atoms. The summed E-state index contributed by atoms with van der Waals surface area (Å²) in [6, 6.07) is 11.4. The number of nitrogens with zero attached hydrogens (tertiary/aromatic N) is 4. The molecule has 0 atom stereocenters. The maximum Gasteiger partial charge on any atom is 0.408 e. The number of alkyl halides is 2. The number of carbonyl (C=O) groups excluding carboxylic acids is 2. The number of fused-ring (bicyclic) bond motifs is 1. The molecule has 45 heavy (non-hydrogen) atoms. The number of aromatic nitrogens is 4. The average Bonchev–Trinajstić information content (AvgIpc) is 3.39. The van der Waals surface area contributed by atoms with Crippen LogP contribution in [0.25, 0.3) is 22.7 Å². The first kappa shape index (κ1) is 31.7. The van der Waals surface area contributed by atoms with Crippen LogP contribution < -0.4 is 20.5 Å². The lowest BCUT2D eigenvalue weighted by Gasteiger charge is -2.45. The highest BCUT2D eigenvalue weighted by atomic mass is 35.5. The van der Waals surface area contributed by atoms with Crippen molar-refractivity contribution in [1.82, 2.24) is 24.3 Å². The van der Waals surface area contributed by atoms with Crippen molar-refractivity contribution in [1.29, 1.82) is 0 Å². The van der Waals surface area contributed by atoms with E-state index in [4.69, 9.17) is 30.5 Å². The summed E-state index contributed by atoms with van der Waals surface area (Å²) in [6.45, 7) is 3.97. The fraction of sp³-hybridized carbons (Fsp3) is 0.367.